The Morgan fingerprint density at radius 3 is 2.65 bits per heavy atom. The molecule has 0 aromatic carbocycles. The first kappa shape index (κ1) is 18.6. The van der Waals surface area contributed by atoms with Crippen molar-refractivity contribution >= 4 is 17.1 Å². The summed E-state index contributed by atoms with van der Waals surface area (Å²) < 4.78 is 19.0. The molecule has 4 N–H and O–H groups in total. The Labute approximate surface area is 149 Å². The van der Waals surface area contributed by atoms with Crippen molar-refractivity contribution in [1.29, 1.82) is 0 Å². The number of H-pyrrole nitrogens is 2. The Kier molecular flexibility index (Phi) is 5.17. The Balaban J connectivity index is 1.94. The van der Waals surface area contributed by atoms with E-state index in [1.54, 1.807) is 0 Å². The maximum absolute atomic E-state index is 12.4. The Morgan fingerprint density at radius 1 is 1.27 bits per heavy atom. The lowest BCUT2D eigenvalue weighted by Crippen LogP contribution is -2.32. The van der Waals surface area contributed by atoms with Gasteiger partial charge in [0, 0.05) is 6.42 Å². The molecule has 0 saturated carbocycles. The quantitative estimate of drug-likeness (QED) is 0.676. The second-order valence-electron chi connectivity index (χ2n) is 6.92. The van der Waals surface area contributed by atoms with Crippen molar-refractivity contribution in [3.05, 3.63) is 20.8 Å². The number of rotatable bonds is 6. The fourth-order valence-electron chi connectivity index (χ4n) is 3.08. The van der Waals surface area contributed by atoms with Crippen molar-refractivity contribution in [2.75, 3.05) is 12.3 Å². The van der Waals surface area contributed by atoms with Gasteiger partial charge in [-0.25, -0.2) is 9.36 Å². The zero-order valence-electron chi connectivity index (χ0n) is 15.3. The van der Waals surface area contributed by atoms with E-state index >= 15 is 0 Å². The number of imidazole rings is 1. The minimum absolute atomic E-state index is 0.000190. The average molecular weight is 367 g/mol. The van der Waals surface area contributed by atoms with Crippen LogP contribution in [0.3, 0.4) is 0 Å². The van der Waals surface area contributed by atoms with Gasteiger partial charge in [0.1, 0.15) is 12.3 Å². The first-order valence-electron chi connectivity index (χ1n) is 8.68. The highest BCUT2D eigenvalue weighted by Crippen LogP contribution is 2.32. The number of fused-ring (bicyclic) bond motifs is 1. The number of ether oxygens (including phenoxy) is 3. The van der Waals surface area contributed by atoms with E-state index in [9.17, 15) is 9.59 Å². The molecule has 1 fully saturated rings. The molecular weight excluding hydrogens is 342 g/mol. The average Bonchev–Trinajstić information content (AvgIpc) is 3.05. The van der Waals surface area contributed by atoms with Gasteiger partial charge in [-0.3, -0.25) is 14.8 Å². The number of nitrogen functional groups attached to an aromatic ring is 1. The van der Waals surface area contributed by atoms with Crippen LogP contribution in [0, 0.1) is 0 Å². The third-order valence-corrected chi connectivity index (χ3v) is 4.11. The number of nitrogens with zero attached hydrogens (tertiary/aromatic N) is 2. The van der Waals surface area contributed by atoms with Crippen LogP contribution in [0.25, 0.3) is 11.2 Å². The fraction of sp³-hybridized carbons (Fsp3) is 0.688. The highest BCUT2D eigenvalue weighted by Gasteiger charge is 2.39. The predicted molar refractivity (Wildman–Crippen MR) is 95.0 cm³/mol. The molecule has 3 heterocycles. The van der Waals surface area contributed by atoms with Gasteiger partial charge in [-0.05, 0) is 27.7 Å². The highest BCUT2D eigenvalue weighted by molar-refractivity contribution is 5.70. The standard InChI is InChI=1S/C16H25N5O5/c1-7(2)24-6-10-9(25-8(3)4)5-11(26-10)21-13-12(18-16(21)23)14(22)20-15(17)19-13/h7-11H,5-6H2,1-4H3,(H,18,23)(H3,17,19,20,22)/t9?,10-,11-/m1/s1. The maximum Gasteiger partial charge on any atom is 0.329 e. The molecule has 1 aliphatic rings. The van der Waals surface area contributed by atoms with E-state index in [2.05, 4.69) is 15.0 Å². The molecule has 0 bridgehead atoms. The van der Waals surface area contributed by atoms with Gasteiger partial charge in [0.05, 0.1) is 24.9 Å². The molecular formula is C16H25N5O5. The van der Waals surface area contributed by atoms with E-state index in [0.717, 1.165) is 0 Å². The molecule has 1 unspecified atom stereocenters. The normalized spacial score (nSPS) is 23.5. The van der Waals surface area contributed by atoms with E-state index in [1.165, 1.54) is 4.57 Å². The van der Waals surface area contributed by atoms with Crippen LogP contribution in [0.5, 0.6) is 0 Å². The summed E-state index contributed by atoms with van der Waals surface area (Å²) in [5.74, 6) is -0.0667. The van der Waals surface area contributed by atoms with E-state index in [1.807, 2.05) is 27.7 Å². The lowest BCUT2D eigenvalue weighted by atomic mass is 10.1. The van der Waals surface area contributed by atoms with E-state index in [4.69, 9.17) is 19.9 Å². The topological polar surface area (TPSA) is 137 Å². The summed E-state index contributed by atoms with van der Waals surface area (Å²) in [5, 5.41) is 0. The number of nitrogens with two attached hydrogens (primary N) is 1. The van der Waals surface area contributed by atoms with Crippen LogP contribution in [0.2, 0.25) is 0 Å². The van der Waals surface area contributed by atoms with Crippen LogP contribution in [0.15, 0.2) is 9.59 Å². The van der Waals surface area contributed by atoms with Crippen LogP contribution >= 0.6 is 0 Å². The lowest BCUT2D eigenvalue weighted by molar-refractivity contribution is -0.0956. The van der Waals surface area contributed by atoms with Crippen LogP contribution in [0.1, 0.15) is 40.3 Å². The third-order valence-electron chi connectivity index (χ3n) is 4.11. The zero-order valence-corrected chi connectivity index (χ0v) is 15.3. The molecule has 1 aliphatic heterocycles. The van der Waals surface area contributed by atoms with E-state index in [-0.39, 0.29) is 41.5 Å². The molecule has 1 saturated heterocycles. The Morgan fingerprint density at radius 2 is 2.00 bits per heavy atom. The van der Waals surface area contributed by atoms with Crippen LogP contribution in [0.4, 0.5) is 5.95 Å². The van der Waals surface area contributed by atoms with Gasteiger partial charge >= 0.3 is 5.69 Å². The summed E-state index contributed by atoms with van der Waals surface area (Å²) in [4.78, 5) is 33.4. The SMILES string of the molecule is CC(C)OC[C@H]1O[C@@H](n2c(=O)[nH]c3c(=O)[nH]c(N)nc32)CC1OC(C)C. The summed E-state index contributed by atoms with van der Waals surface area (Å²) in [6.07, 6.45) is -0.718. The monoisotopic (exact) mass is 367 g/mol. The molecule has 0 amide bonds. The Bertz CT molecular complexity index is 883. The number of nitrogens with one attached hydrogen (secondary N) is 2. The summed E-state index contributed by atoms with van der Waals surface area (Å²) in [6, 6.07) is 0. The van der Waals surface area contributed by atoms with Crippen molar-refractivity contribution in [2.24, 2.45) is 0 Å². The molecule has 144 valence electrons. The maximum atomic E-state index is 12.4. The largest absolute Gasteiger partial charge is 0.376 e. The van der Waals surface area contributed by atoms with Crippen LogP contribution in [-0.2, 0) is 14.2 Å². The van der Waals surface area contributed by atoms with Crippen molar-refractivity contribution in [1.82, 2.24) is 19.5 Å². The van der Waals surface area contributed by atoms with Gasteiger partial charge in [0.15, 0.2) is 11.2 Å². The predicted octanol–water partition coefficient (Wildman–Crippen LogP) is 0.501. The molecule has 2 aromatic heterocycles. The minimum Gasteiger partial charge on any atom is -0.376 e. The molecule has 0 radical (unpaired) electrons. The summed E-state index contributed by atoms with van der Waals surface area (Å²) in [7, 11) is 0. The molecule has 3 atom stereocenters. The van der Waals surface area contributed by atoms with Gasteiger partial charge < -0.3 is 19.9 Å². The third kappa shape index (κ3) is 3.67. The van der Waals surface area contributed by atoms with Gasteiger partial charge in [-0.2, -0.15) is 4.98 Å². The molecule has 3 rings (SSSR count). The number of aromatic amines is 2. The first-order valence-corrected chi connectivity index (χ1v) is 8.68. The summed E-state index contributed by atoms with van der Waals surface area (Å²) >= 11 is 0. The van der Waals surface area contributed by atoms with Crippen molar-refractivity contribution in [2.45, 2.75) is 64.8 Å². The molecule has 10 heteroatoms. The first-order chi connectivity index (χ1) is 12.3. The van der Waals surface area contributed by atoms with E-state index < -0.39 is 17.5 Å². The number of hydrogen-bond donors (Lipinski definition) is 3. The second kappa shape index (κ2) is 7.22. The molecule has 0 spiro atoms. The van der Waals surface area contributed by atoms with Crippen LogP contribution < -0.4 is 17.0 Å². The number of anilines is 1. The second-order valence-corrected chi connectivity index (χ2v) is 6.92. The number of hydrogen-bond acceptors (Lipinski definition) is 7. The zero-order chi connectivity index (χ0) is 19.0. The summed E-state index contributed by atoms with van der Waals surface area (Å²) in [5.41, 5.74) is 4.86. The van der Waals surface area contributed by atoms with E-state index in [0.29, 0.717) is 13.0 Å². The van der Waals surface area contributed by atoms with Crippen molar-refractivity contribution in [3.8, 4) is 0 Å². The summed E-state index contributed by atoms with van der Waals surface area (Å²) in [6.45, 7) is 8.10. The number of aromatic nitrogens is 4. The molecule has 10 nitrogen and oxygen atoms in total. The molecule has 0 aliphatic carbocycles. The molecule has 2 aromatic rings. The van der Waals surface area contributed by atoms with Gasteiger partial charge in [0.2, 0.25) is 5.95 Å². The smallest absolute Gasteiger partial charge is 0.329 e. The van der Waals surface area contributed by atoms with Gasteiger partial charge in [0.25, 0.3) is 5.56 Å². The van der Waals surface area contributed by atoms with Gasteiger partial charge in [-0.1, -0.05) is 0 Å². The fourth-order valence-corrected chi connectivity index (χ4v) is 3.08. The lowest BCUT2D eigenvalue weighted by Gasteiger charge is -2.21. The highest BCUT2D eigenvalue weighted by atomic mass is 16.6. The molecule has 26 heavy (non-hydrogen) atoms. The Hall–Kier alpha value is -2.17. The van der Waals surface area contributed by atoms with Crippen molar-refractivity contribution < 1.29 is 14.2 Å². The van der Waals surface area contributed by atoms with Gasteiger partial charge in [-0.15, -0.1) is 0 Å². The van der Waals surface area contributed by atoms with Crippen molar-refractivity contribution in [3.63, 3.8) is 0 Å². The minimum atomic E-state index is -0.630. The van der Waals surface area contributed by atoms with Crippen LogP contribution in [-0.4, -0.2) is 50.5 Å².